The summed E-state index contributed by atoms with van der Waals surface area (Å²) < 4.78 is 61.1. The highest BCUT2D eigenvalue weighted by atomic mass is 19.4. The maximum absolute atomic E-state index is 12.9. The number of ether oxygens (including phenoxy) is 2. The molecule has 0 aliphatic carbocycles. The van der Waals surface area contributed by atoms with E-state index in [9.17, 15) is 18.0 Å². The average molecular weight is 594 g/mol. The number of hydrogen-bond donors (Lipinski definition) is 0. The number of benzene rings is 3. The van der Waals surface area contributed by atoms with Gasteiger partial charge >= 0.3 is 12.1 Å². The Labute approximate surface area is 243 Å². The Bertz CT molecular complexity index is 1670. The van der Waals surface area contributed by atoms with Gasteiger partial charge in [0.2, 0.25) is 5.82 Å². The van der Waals surface area contributed by atoms with Crippen LogP contribution >= 0.6 is 0 Å². The number of carbonyl (C=O) groups excluding carboxylic acids is 1. The molecule has 6 rings (SSSR count). The number of fused-ring (bicyclic) bond motifs is 1. The van der Waals surface area contributed by atoms with Gasteiger partial charge in [-0.15, -0.1) is 5.06 Å². The first-order valence-electron chi connectivity index (χ1n) is 13.5. The third-order valence-corrected chi connectivity index (χ3v) is 7.12. The minimum Gasteiger partial charge on any atom is -0.484 e. The summed E-state index contributed by atoms with van der Waals surface area (Å²) >= 11 is 0. The van der Waals surface area contributed by atoms with E-state index in [0.29, 0.717) is 23.8 Å². The molecule has 5 aromatic rings. The maximum Gasteiger partial charge on any atom is 0.492 e. The molecular weight excluding hydrogens is 567 g/mol. The molecule has 3 heterocycles. The first kappa shape index (κ1) is 28.4. The fourth-order valence-corrected chi connectivity index (χ4v) is 5.00. The average Bonchev–Trinajstić information content (AvgIpc) is 3.72. The molecule has 3 aromatic carbocycles. The number of halogens is 3. The molecule has 0 saturated carbocycles. The van der Waals surface area contributed by atoms with Gasteiger partial charge in [0.1, 0.15) is 5.75 Å². The van der Waals surface area contributed by atoms with Crippen molar-refractivity contribution in [1.29, 1.82) is 0 Å². The molecule has 9 nitrogen and oxygen atoms in total. The summed E-state index contributed by atoms with van der Waals surface area (Å²) in [7, 11) is 0. The largest absolute Gasteiger partial charge is 0.492 e. The normalized spacial score (nSPS) is 17.7. The minimum absolute atomic E-state index is 0.0204. The van der Waals surface area contributed by atoms with Gasteiger partial charge in [-0.05, 0) is 58.7 Å². The predicted molar refractivity (Wildman–Crippen MR) is 146 cm³/mol. The van der Waals surface area contributed by atoms with Crippen molar-refractivity contribution in [2.45, 2.75) is 37.8 Å². The van der Waals surface area contributed by atoms with Crippen molar-refractivity contribution in [3.05, 3.63) is 102 Å². The van der Waals surface area contributed by atoms with Gasteiger partial charge in [-0.3, -0.25) is 0 Å². The highest BCUT2D eigenvalue weighted by Crippen LogP contribution is 2.33. The van der Waals surface area contributed by atoms with E-state index in [2.05, 4.69) is 15.0 Å². The fourth-order valence-electron chi connectivity index (χ4n) is 5.00. The molecule has 222 valence electrons. The van der Waals surface area contributed by atoms with E-state index in [4.69, 9.17) is 18.4 Å². The maximum atomic E-state index is 12.9. The Hall–Kier alpha value is -4.68. The highest BCUT2D eigenvalue weighted by Gasteiger charge is 2.44. The Morgan fingerprint density at radius 2 is 1.79 bits per heavy atom. The first-order valence-corrected chi connectivity index (χ1v) is 13.5. The van der Waals surface area contributed by atoms with Crippen LogP contribution in [-0.2, 0) is 27.6 Å². The lowest BCUT2D eigenvalue weighted by molar-refractivity contribution is -0.248. The Morgan fingerprint density at radius 1 is 0.977 bits per heavy atom. The third kappa shape index (κ3) is 6.87. The van der Waals surface area contributed by atoms with Gasteiger partial charge in [0.05, 0.1) is 25.5 Å². The molecule has 0 radical (unpaired) electrons. The molecule has 0 amide bonds. The molecule has 12 heteroatoms. The van der Waals surface area contributed by atoms with Crippen molar-refractivity contribution in [1.82, 2.24) is 15.2 Å². The van der Waals surface area contributed by atoms with Gasteiger partial charge < -0.3 is 23.3 Å². The summed E-state index contributed by atoms with van der Waals surface area (Å²) in [5.41, 5.74) is 1.83. The van der Waals surface area contributed by atoms with Crippen molar-refractivity contribution in [2.24, 2.45) is 0 Å². The summed E-state index contributed by atoms with van der Waals surface area (Å²) in [4.78, 5) is 20.4. The van der Waals surface area contributed by atoms with Gasteiger partial charge in [-0.25, -0.2) is 4.79 Å². The molecule has 1 fully saturated rings. The predicted octanol–water partition coefficient (Wildman–Crippen LogP) is 6.46. The summed E-state index contributed by atoms with van der Waals surface area (Å²) in [5.74, 6) is -0.776. The topological polar surface area (TPSA) is 100 Å². The van der Waals surface area contributed by atoms with Gasteiger partial charge in [-0.1, -0.05) is 53.7 Å². The van der Waals surface area contributed by atoms with Crippen LogP contribution in [0.5, 0.6) is 5.75 Å². The first-order chi connectivity index (χ1) is 20.8. The number of hydroxylamine groups is 2. The summed E-state index contributed by atoms with van der Waals surface area (Å²) in [6, 6.07) is 24.7. The van der Waals surface area contributed by atoms with Crippen LogP contribution in [0.3, 0.4) is 0 Å². The summed E-state index contributed by atoms with van der Waals surface area (Å²) in [6.45, 7) is 0.384. The molecule has 0 bridgehead atoms. The molecule has 0 spiro atoms. The summed E-state index contributed by atoms with van der Waals surface area (Å²) in [6.07, 6.45) is -3.71. The number of rotatable bonds is 9. The van der Waals surface area contributed by atoms with Crippen LogP contribution in [0.2, 0.25) is 0 Å². The van der Waals surface area contributed by atoms with Gasteiger partial charge in [0.25, 0.3) is 5.89 Å². The standard InChI is InChI=1S/C31H26F3N3O6/c32-31(33,34)30(38)43-37-14-13-25(27(17-37)41-18-20-7-8-21-4-1-2-5-23(21)16-20)22-9-11-24(12-10-22)40-19-28-35-29(36-42-28)26-6-3-15-39-26/h1-12,15-16,25,27H,13-14,17-19H2. The van der Waals surface area contributed by atoms with Crippen LogP contribution in [0.15, 0.2) is 94.1 Å². The minimum atomic E-state index is -5.09. The van der Waals surface area contributed by atoms with Gasteiger partial charge in [-0.2, -0.15) is 18.2 Å². The number of nitrogens with zero attached hydrogens (tertiary/aromatic N) is 3. The number of hydrogen-bond acceptors (Lipinski definition) is 9. The number of furan rings is 1. The van der Waals surface area contributed by atoms with E-state index in [0.717, 1.165) is 27.0 Å². The van der Waals surface area contributed by atoms with E-state index in [-0.39, 0.29) is 38.1 Å². The van der Waals surface area contributed by atoms with Crippen LogP contribution in [0.25, 0.3) is 22.4 Å². The molecule has 1 aliphatic heterocycles. The lowest BCUT2D eigenvalue weighted by atomic mass is 9.87. The number of piperidine rings is 1. The molecule has 1 aliphatic rings. The quantitative estimate of drug-likeness (QED) is 0.191. The van der Waals surface area contributed by atoms with Crippen molar-refractivity contribution in [3.63, 3.8) is 0 Å². The fraction of sp³-hybridized carbons (Fsp3) is 0.258. The zero-order valence-corrected chi connectivity index (χ0v) is 22.7. The molecule has 2 atom stereocenters. The zero-order valence-electron chi connectivity index (χ0n) is 22.7. The molecule has 0 N–H and O–H groups in total. The second-order valence-corrected chi connectivity index (χ2v) is 10.0. The number of aromatic nitrogens is 2. The van der Waals surface area contributed by atoms with Crippen LogP contribution < -0.4 is 4.74 Å². The summed E-state index contributed by atoms with van der Waals surface area (Å²) in [5, 5.41) is 7.04. The van der Waals surface area contributed by atoms with Crippen molar-refractivity contribution in [2.75, 3.05) is 13.1 Å². The Kier molecular flexibility index (Phi) is 8.12. The van der Waals surface area contributed by atoms with E-state index in [1.54, 1.807) is 24.3 Å². The molecule has 2 unspecified atom stereocenters. The Morgan fingerprint density at radius 3 is 2.56 bits per heavy atom. The van der Waals surface area contributed by atoms with Gasteiger partial charge in [0.15, 0.2) is 12.4 Å². The third-order valence-electron chi connectivity index (χ3n) is 7.12. The lowest BCUT2D eigenvalue weighted by Gasteiger charge is -2.37. The number of carbonyl (C=O) groups is 1. The molecular formula is C31H26F3N3O6. The van der Waals surface area contributed by atoms with Crippen LogP contribution in [0.1, 0.15) is 29.4 Å². The van der Waals surface area contributed by atoms with Gasteiger partial charge in [0, 0.05) is 12.5 Å². The molecule has 1 saturated heterocycles. The Balaban J connectivity index is 1.13. The van der Waals surface area contributed by atoms with E-state index < -0.39 is 18.2 Å². The van der Waals surface area contributed by atoms with Crippen LogP contribution in [0.4, 0.5) is 13.2 Å². The van der Waals surface area contributed by atoms with Crippen LogP contribution in [-0.4, -0.2) is 46.5 Å². The van der Waals surface area contributed by atoms with Crippen molar-refractivity contribution >= 4 is 16.7 Å². The van der Waals surface area contributed by atoms with E-state index in [1.807, 2.05) is 54.6 Å². The lowest BCUT2D eigenvalue weighted by Crippen LogP contribution is -2.46. The SMILES string of the molecule is O=C(ON1CCC(c2ccc(OCc3nc(-c4ccco4)no3)cc2)C(OCc2ccc3ccccc3c2)C1)C(F)(F)F. The van der Waals surface area contributed by atoms with E-state index >= 15 is 0 Å². The number of alkyl halides is 3. The second kappa shape index (κ2) is 12.3. The second-order valence-electron chi connectivity index (χ2n) is 10.0. The van der Waals surface area contributed by atoms with Crippen molar-refractivity contribution in [3.8, 4) is 17.3 Å². The molecule has 2 aromatic heterocycles. The van der Waals surface area contributed by atoms with E-state index in [1.165, 1.54) is 6.26 Å². The zero-order chi connectivity index (χ0) is 29.8. The molecule has 43 heavy (non-hydrogen) atoms. The monoisotopic (exact) mass is 593 g/mol. The van der Waals surface area contributed by atoms with Crippen molar-refractivity contribution < 1.29 is 41.2 Å². The highest BCUT2D eigenvalue weighted by molar-refractivity contribution is 5.83. The van der Waals surface area contributed by atoms with Crippen LogP contribution in [0, 0.1) is 0 Å². The smallest absolute Gasteiger partial charge is 0.484 e.